The van der Waals surface area contributed by atoms with E-state index in [-0.39, 0.29) is 18.1 Å². The molecule has 4 nitrogen and oxygen atoms in total. The molecule has 0 aliphatic carbocycles. The van der Waals surface area contributed by atoms with E-state index >= 15 is 0 Å². The quantitative estimate of drug-likeness (QED) is 0.794. The summed E-state index contributed by atoms with van der Waals surface area (Å²) in [7, 11) is 2.18. The van der Waals surface area contributed by atoms with Crippen molar-refractivity contribution < 1.29 is 4.79 Å². The Kier molecular flexibility index (Phi) is 4.05. The van der Waals surface area contributed by atoms with Crippen molar-refractivity contribution in [3.05, 3.63) is 0 Å². The van der Waals surface area contributed by atoms with E-state index in [4.69, 9.17) is 0 Å². The molecule has 2 saturated heterocycles. The lowest BCUT2D eigenvalue weighted by atomic mass is 9.97. The first kappa shape index (κ1) is 12.8. The van der Waals surface area contributed by atoms with E-state index in [0.29, 0.717) is 5.92 Å². The van der Waals surface area contributed by atoms with Crippen LogP contribution in [-0.4, -0.2) is 54.6 Å². The second kappa shape index (κ2) is 5.36. The number of carbonyl (C=O) groups excluding carboxylic acids is 1. The molecule has 0 bridgehead atoms. The Balaban J connectivity index is 1.94. The predicted octanol–water partition coefficient (Wildman–Crippen LogP) is 0.885. The molecule has 0 aromatic heterocycles. The van der Waals surface area contributed by atoms with E-state index in [2.05, 4.69) is 29.1 Å². The third-order valence-corrected chi connectivity index (χ3v) is 4.04. The Morgan fingerprint density at radius 3 is 2.88 bits per heavy atom. The van der Waals surface area contributed by atoms with Crippen molar-refractivity contribution in [3.8, 4) is 0 Å². The van der Waals surface area contributed by atoms with Crippen LogP contribution in [-0.2, 0) is 4.79 Å². The lowest BCUT2D eigenvalue weighted by molar-refractivity contribution is -0.130. The van der Waals surface area contributed by atoms with Crippen molar-refractivity contribution in [2.24, 2.45) is 5.92 Å². The molecule has 3 unspecified atom stereocenters. The topological polar surface area (TPSA) is 35.6 Å². The highest BCUT2D eigenvalue weighted by atomic mass is 16.2. The number of piperidine rings is 1. The number of hydrogen-bond donors (Lipinski definition) is 1. The minimum atomic E-state index is 0.00118. The van der Waals surface area contributed by atoms with E-state index in [1.165, 1.54) is 19.4 Å². The Labute approximate surface area is 104 Å². The smallest absolute Gasteiger partial charge is 0.240 e. The molecule has 0 aromatic rings. The summed E-state index contributed by atoms with van der Waals surface area (Å²) in [6.07, 6.45) is 3.78. The Morgan fingerprint density at radius 2 is 2.24 bits per heavy atom. The molecular formula is C13H25N3O. The van der Waals surface area contributed by atoms with Gasteiger partial charge in [-0.1, -0.05) is 6.92 Å². The van der Waals surface area contributed by atoms with Gasteiger partial charge in [0.2, 0.25) is 5.91 Å². The maximum atomic E-state index is 12.1. The molecule has 0 radical (unpaired) electrons. The molecule has 1 N–H and O–H groups in total. The van der Waals surface area contributed by atoms with Gasteiger partial charge in [-0.3, -0.25) is 10.1 Å². The van der Waals surface area contributed by atoms with Gasteiger partial charge >= 0.3 is 0 Å². The first-order valence-corrected chi connectivity index (χ1v) is 6.87. The van der Waals surface area contributed by atoms with E-state index in [1.54, 1.807) is 0 Å². The van der Waals surface area contributed by atoms with Crippen LogP contribution >= 0.6 is 0 Å². The second-order valence-corrected chi connectivity index (χ2v) is 5.57. The Morgan fingerprint density at radius 1 is 1.47 bits per heavy atom. The fourth-order valence-corrected chi connectivity index (χ4v) is 3.11. The molecule has 2 rings (SSSR count). The van der Waals surface area contributed by atoms with Crippen LogP contribution in [0.3, 0.4) is 0 Å². The molecule has 2 fully saturated rings. The Hall–Kier alpha value is -0.610. The van der Waals surface area contributed by atoms with E-state index in [9.17, 15) is 4.79 Å². The second-order valence-electron chi connectivity index (χ2n) is 5.57. The number of nitrogens with one attached hydrogen (secondary N) is 1. The zero-order valence-electron chi connectivity index (χ0n) is 11.3. The highest BCUT2D eigenvalue weighted by molar-refractivity contribution is 5.83. The summed E-state index contributed by atoms with van der Waals surface area (Å²) in [6.45, 7) is 7.38. The van der Waals surface area contributed by atoms with Crippen LogP contribution in [0, 0.1) is 5.92 Å². The number of carbonyl (C=O) groups is 1. The molecule has 1 amide bonds. The van der Waals surface area contributed by atoms with Crippen molar-refractivity contribution in [2.75, 3.05) is 26.7 Å². The highest BCUT2D eigenvalue weighted by Crippen LogP contribution is 2.21. The third-order valence-electron chi connectivity index (χ3n) is 4.04. The summed E-state index contributed by atoms with van der Waals surface area (Å²) < 4.78 is 0. The predicted molar refractivity (Wildman–Crippen MR) is 68.6 cm³/mol. The van der Waals surface area contributed by atoms with Gasteiger partial charge < -0.3 is 9.80 Å². The monoisotopic (exact) mass is 239 g/mol. The normalized spacial score (nSPS) is 35.6. The highest BCUT2D eigenvalue weighted by Gasteiger charge is 2.36. The van der Waals surface area contributed by atoms with Crippen LogP contribution in [0.15, 0.2) is 0 Å². The lowest BCUT2D eigenvalue weighted by Crippen LogP contribution is -2.44. The Bertz CT molecular complexity index is 282. The van der Waals surface area contributed by atoms with Gasteiger partial charge in [-0.05, 0) is 45.7 Å². The molecule has 2 aliphatic heterocycles. The maximum absolute atomic E-state index is 12.1. The van der Waals surface area contributed by atoms with Gasteiger partial charge in [-0.2, -0.15) is 0 Å². The van der Waals surface area contributed by atoms with Crippen molar-refractivity contribution in [2.45, 2.75) is 45.3 Å². The third kappa shape index (κ3) is 2.80. The first-order chi connectivity index (χ1) is 8.11. The molecule has 98 valence electrons. The molecule has 17 heavy (non-hydrogen) atoms. The molecule has 4 heteroatoms. The van der Waals surface area contributed by atoms with Crippen LogP contribution in [0.25, 0.3) is 0 Å². The largest absolute Gasteiger partial charge is 0.325 e. The van der Waals surface area contributed by atoms with Gasteiger partial charge in [0.25, 0.3) is 0 Å². The minimum Gasteiger partial charge on any atom is -0.325 e. The lowest BCUT2D eigenvalue weighted by Gasteiger charge is -2.34. The van der Waals surface area contributed by atoms with Crippen LogP contribution in [0.4, 0.5) is 0 Å². The summed E-state index contributed by atoms with van der Waals surface area (Å²) >= 11 is 0. The fraction of sp³-hybridized carbons (Fsp3) is 0.923. The van der Waals surface area contributed by atoms with Crippen molar-refractivity contribution in [1.82, 2.24) is 15.1 Å². The van der Waals surface area contributed by atoms with Gasteiger partial charge in [0.15, 0.2) is 0 Å². The summed E-state index contributed by atoms with van der Waals surface area (Å²) in [4.78, 5) is 16.5. The summed E-state index contributed by atoms with van der Waals surface area (Å²) in [5.41, 5.74) is 0. The number of hydrogen-bond acceptors (Lipinski definition) is 3. The number of likely N-dealkylation sites (tertiary alicyclic amines) is 1. The van der Waals surface area contributed by atoms with E-state index < -0.39 is 0 Å². The first-order valence-electron chi connectivity index (χ1n) is 6.87. The van der Waals surface area contributed by atoms with Crippen molar-refractivity contribution in [1.29, 1.82) is 0 Å². The summed E-state index contributed by atoms with van der Waals surface area (Å²) in [5, 5.41) is 3.37. The van der Waals surface area contributed by atoms with Crippen LogP contribution < -0.4 is 5.32 Å². The zero-order valence-corrected chi connectivity index (χ0v) is 11.3. The fourth-order valence-electron chi connectivity index (χ4n) is 3.11. The van der Waals surface area contributed by atoms with Crippen molar-refractivity contribution >= 4 is 5.91 Å². The van der Waals surface area contributed by atoms with Gasteiger partial charge in [-0.25, -0.2) is 0 Å². The average molecular weight is 239 g/mol. The summed E-state index contributed by atoms with van der Waals surface area (Å²) in [6, 6.07) is 0.00118. The molecule has 0 saturated carbocycles. The molecule has 0 aromatic carbocycles. The van der Waals surface area contributed by atoms with E-state index in [0.717, 1.165) is 19.5 Å². The van der Waals surface area contributed by atoms with Gasteiger partial charge in [0, 0.05) is 13.1 Å². The molecule has 0 spiro atoms. The van der Waals surface area contributed by atoms with Crippen LogP contribution in [0.5, 0.6) is 0 Å². The zero-order chi connectivity index (χ0) is 12.4. The molecule has 2 heterocycles. The van der Waals surface area contributed by atoms with Crippen LogP contribution in [0.1, 0.15) is 33.1 Å². The van der Waals surface area contributed by atoms with E-state index in [1.807, 2.05) is 6.92 Å². The van der Waals surface area contributed by atoms with Gasteiger partial charge in [0.05, 0.1) is 12.2 Å². The van der Waals surface area contributed by atoms with Crippen molar-refractivity contribution in [3.63, 3.8) is 0 Å². The average Bonchev–Trinajstić information content (AvgIpc) is 2.57. The van der Waals surface area contributed by atoms with Gasteiger partial charge in [-0.15, -0.1) is 0 Å². The SMILES string of the molecule is CCC1NC(C)C(=O)N1CC1CCCN(C)C1. The molecule has 3 atom stereocenters. The minimum absolute atomic E-state index is 0.00118. The molecular weight excluding hydrogens is 214 g/mol. The number of nitrogens with zero attached hydrogens (tertiary/aromatic N) is 2. The number of amides is 1. The standard InChI is InChI=1S/C13H25N3O/c1-4-12-14-10(2)13(17)16(12)9-11-6-5-7-15(3)8-11/h10-12,14H,4-9H2,1-3H3. The maximum Gasteiger partial charge on any atom is 0.240 e. The molecule has 2 aliphatic rings. The van der Waals surface area contributed by atoms with Gasteiger partial charge in [0.1, 0.15) is 0 Å². The number of rotatable bonds is 3. The summed E-state index contributed by atoms with van der Waals surface area (Å²) in [5.74, 6) is 0.934. The van der Waals surface area contributed by atoms with Crippen LogP contribution in [0.2, 0.25) is 0 Å².